The van der Waals surface area contributed by atoms with Crippen LogP contribution in [-0.4, -0.2) is 26.1 Å². The molecule has 0 aliphatic carbocycles. The molecule has 0 aliphatic rings. The fourth-order valence-electron chi connectivity index (χ4n) is 2.37. The van der Waals surface area contributed by atoms with E-state index in [2.05, 4.69) is 54.3 Å². The van der Waals surface area contributed by atoms with Crippen molar-refractivity contribution in [2.24, 2.45) is 7.05 Å². The summed E-state index contributed by atoms with van der Waals surface area (Å²) in [6.45, 7) is 7.58. The molecule has 0 spiro atoms. The third-order valence-corrected chi connectivity index (χ3v) is 3.89. The van der Waals surface area contributed by atoms with Crippen molar-refractivity contribution in [2.75, 3.05) is 6.54 Å². The number of hydrogen-bond acceptors (Lipinski definition) is 3. The number of rotatable bonds is 8. The molecule has 1 N–H and O–H groups in total. The van der Waals surface area contributed by atoms with Crippen molar-refractivity contribution >= 4 is 0 Å². The molecule has 2 unspecified atom stereocenters. The second-order valence-electron chi connectivity index (χ2n) is 5.70. The van der Waals surface area contributed by atoms with Crippen molar-refractivity contribution in [3.63, 3.8) is 0 Å². The molecule has 2 heterocycles. The van der Waals surface area contributed by atoms with Gasteiger partial charge in [-0.15, -0.1) is 0 Å². The van der Waals surface area contributed by atoms with E-state index in [-0.39, 0.29) is 6.04 Å². The van der Waals surface area contributed by atoms with E-state index < -0.39 is 0 Å². The Morgan fingerprint density at radius 2 is 2.14 bits per heavy atom. The molecule has 0 aliphatic heterocycles. The van der Waals surface area contributed by atoms with Crippen LogP contribution in [0.15, 0.2) is 24.7 Å². The molecule has 2 aromatic heterocycles. The number of nitrogens with zero attached hydrogens (tertiary/aromatic N) is 4. The highest BCUT2D eigenvalue weighted by molar-refractivity contribution is 5.14. The largest absolute Gasteiger partial charge is 0.310 e. The van der Waals surface area contributed by atoms with Gasteiger partial charge in [-0.05, 0) is 32.4 Å². The first-order valence-electron chi connectivity index (χ1n) is 7.90. The highest BCUT2D eigenvalue weighted by Crippen LogP contribution is 2.18. The molecule has 0 fully saturated rings. The fourth-order valence-corrected chi connectivity index (χ4v) is 2.37. The van der Waals surface area contributed by atoms with Crippen molar-refractivity contribution in [3.05, 3.63) is 35.9 Å². The van der Waals surface area contributed by atoms with Crippen LogP contribution in [0, 0.1) is 0 Å². The van der Waals surface area contributed by atoms with E-state index in [1.54, 1.807) is 0 Å². The Hall–Kier alpha value is -1.62. The minimum Gasteiger partial charge on any atom is -0.310 e. The third-order valence-electron chi connectivity index (χ3n) is 3.89. The fraction of sp³-hybridized carbons (Fsp3) is 0.625. The van der Waals surface area contributed by atoms with Gasteiger partial charge in [-0.3, -0.25) is 9.36 Å². The molecule has 0 saturated carbocycles. The topological polar surface area (TPSA) is 47.7 Å². The van der Waals surface area contributed by atoms with Crippen LogP contribution in [-0.2, 0) is 13.5 Å². The Morgan fingerprint density at radius 3 is 2.76 bits per heavy atom. The number of hydrogen-bond donors (Lipinski definition) is 1. The number of nitrogens with one attached hydrogen (secondary N) is 1. The summed E-state index contributed by atoms with van der Waals surface area (Å²) in [5.41, 5.74) is 2.36. The molecule has 0 radical (unpaired) electrons. The lowest BCUT2D eigenvalue weighted by molar-refractivity contribution is 0.465. The maximum Gasteiger partial charge on any atom is 0.0643 e. The lowest BCUT2D eigenvalue weighted by Crippen LogP contribution is -2.24. The van der Waals surface area contributed by atoms with E-state index in [4.69, 9.17) is 5.10 Å². The summed E-state index contributed by atoms with van der Waals surface area (Å²) in [5, 5.41) is 12.6. The van der Waals surface area contributed by atoms with Crippen molar-refractivity contribution in [2.45, 2.75) is 52.1 Å². The summed E-state index contributed by atoms with van der Waals surface area (Å²) in [5.74, 6) is 0. The van der Waals surface area contributed by atoms with Crippen LogP contribution in [0.1, 0.15) is 57.0 Å². The molecule has 2 atom stereocenters. The van der Waals surface area contributed by atoms with E-state index in [1.807, 2.05) is 17.9 Å². The van der Waals surface area contributed by atoms with Crippen molar-refractivity contribution in [1.82, 2.24) is 24.9 Å². The van der Waals surface area contributed by atoms with Crippen LogP contribution in [0.5, 0.6) is 0 Å². The quantitative estimate of drug-likeness (QED) is 0.813. The van der Waals surface area contributed by atoms with Crippen molar-refractivity contribution in [3.8, 4) is 0 Å². The first kappa shape index (κ1) is 15.8. The van der Waals surface area contributed by atoms with Gasteiger partial charge in [0, 0.05) is 43.5 Å². The zero-order valence-electron chi connectivity index (χ0n) is 13.6. The maximum atomic E-state index is 4.71. The summed E-state index contributed by atoms with van der Waals surface area (Å²) in [7, 11) is 1.96. The monoisotopic (exact) mass is 289 g/mol. The molecule has 5 nitrogen and oxygen atoms in total. The molecule has 0 saturated heterocycles. The molecule has 0 aromatic carbocycles. The maximum absolute atomic E-state index is 4.71. The molecule has 0 amide bonds. The summed E-state index contributed by atoms with van der Waals surface area (Å²) in [6, 6.07) is 2.86. The van der Waals surface area contributed by atoms with Crippen LogP contribution >= 0.6 is 0 Å². The lowest BCUT2D eigenvalue weighted by atomic mass is 10.1. The van der Waals surface area contributed by atoms with Crippen LogP contribution in [0.3, 0.4) is 0 Å². The van der Waals surface area contributed by atoms with Crippen LogP contribution in [0.4, 0.5) is 0 Å². The zero-order chi connectivity index (χ0) is 15.2. The Morgan fingerprint density at radius 1 is 1.33 bits per heavy atom. The molecule has 0 bridgehead atoms. The van der Waals surface area contributed by atoms with E-state index in [9.17, 15) is 0 Å². The molecule has 21 heavy (non-hydrogen) atoms. The standard InChI is InChI=1S/C16H27N5/c1-5-8-17-16(14-11-18-20(4)12-14)10-15-7-9-21(19-15)13(3)6-2/h7,9,11-13,16-17H,5-6,8,10H2,1-4H3. The highest BCUT2D eigenvalue weighted by Gasteiger charge is 2.15. The second kappa shape index (κ2) is 7.41. The van der Waals surface area contributed by atoms with Gasteiger partial charge in [0.05, 0.1) is 11.9 Å². The van der Waals surface area contributed by atoms with Crippen LogP contribution in [0.25, 0.3) is 0 Å². The smallest absolute Gasteiger partial charge is 0.0643 e. The Bertz CT molecular complexity index is 542. The molecule has 5 heteroatoms. The van der Waals surface area contributed by atoms with Gasteiger partial charge in [0.25, 0.3) is 0 Å². The average Bonchev–Trinajstić information content (AvgIpc) is 3.11. The molecule has 2 aromatic rings. The Balaban J connectivity index is 2.09. The van der Waals surface area contributed by atoms with Gasteiger partial charge in [0.2, 0.25) is 0 Å². The predicted octanol–water partition coefficient (Wildman–Crippen LogP) is 2.87. The second-order valence-corrected chi connectivity index (χ2v) is 5.70. The van der Waals surface area contributed by atoms with E-state index in [0.29, 0.717) is 6.04 Å². The van der Waals surface area contributed by atoms with Gasteiger partial charge < -0.3 is 5.32 Å². The first-order valence-corrected chi connectivity index (χ1v) is 7.90. The average molecular weight is 289 g/mol. The lowest BCUT2D eigenvalue weighted by Gasteiger charge is -2.16. The summed E-state index contributed by atoms with van der Waals surface area (Å²) >= 11 is 0. The van der Waals surface area contributed by atoms with Gasteiger partial charge in [-0.1, -0.05) is 13.8 Å². The van der Waals surface area contributed by atoms with Crippen molar-refractivity contribution in [1.29, 1.82) is 0 Å². The zero-order valence-corrected chi connectivity index (χ0v) is 13.6. The van der Waals surface area contributed by atoms with Crippen LogP contribution in [0.2, 0.25) is 0 Å². The number of aryl methyl sites for hydroxylation is 1. The van der Waals surface area contributed by atoms with Gasteiger partial charge in [0.1, 0.15) is 0 Å². The van der Waals surface area contributed by atoms with Gasteiger partial charge >= 0.3 is 0 Å². The van der Waals surface area contributed by atoms with E-state index in [0.717, 1.165) is 31.5 Å². The third kappa shape index (κ3) is 4.17. The Labute approximate surface area is 127 Å². The van der Waals surface area contributed by atoms with Gasteiger partial charge in [0.15, 0.2) is 0 Å². The summed E-state index contributed by atoms with van der Waals surface area (Å²) in [6.07, 6.45) is 9.23. The van der Waals surface area contributed by atoms with Crippen LogP contribution < -0.4 is 5.32 Å². The number of aromatic nitrogens is 4. The van der Waals surface area contributed by atoms with E-state index in [1.165, 1.54) is 5.56 Å². The molecular weight excluding hydrogens is 262 g/mol. The van der Waals surface area contributed by atoms with Crippen molar-refractivity contribution < 1.29 is 0 Å². The van der Waals surface area contributed by atoms with E-state index >= 15 is 0 Å². The Kier molecular flexibility index (Phi) is 5.56. The molecule has 116 valence electrons. The minimum atomic E-state index is 0.277. The molecular formula is C16H27N5. The van der Waals surface area contributed by atoms with Gasteiger partial charge in [-0.2, -0.15) is 10.2 Å². The summed E-state index contributed by atoms with van der Waals surface area (Å²) < 4.78 is 3.92. The summed E-state index contributed by atoms with van der Waals surface area (Å²) in [4.78, 5) is 0. The van der Waals surface area contributed by atoms with Gasteiger partial charge in [-0.25, -0.2) is 0 Å². The first-order chi connectivity index (χ1) is 10.1. The molecule has 2 rings (SSSR count). The SMILES string of the molecule is CCCNC(Cc1ccn(C(C)CC)n1)c1cnn(C)c1. The minimum absolute atomic E-state index is 0.277. The highest BCUT2D eigenvalue weighted by atomic mass is 15.3. The normalized spacial score (nSPS) is 14.3. The predicted molar refractivity (Wildman–Crippen MR) is 85.2 cm³/mol.